The molecular weight excluding hydrogens is 248 g/mol. The molecule has 3 nitrogen and oxygen atoms in total. The van der Waals surface area contributed by atoms with Crippen molar-refractivity contribution in [1.29, 1.82) is 0 Å². The fourth-order valence-corrected chi connectivity index (χ4v) is 1.97. The van der Waals surface area contributed by atoms with Crippen molar-refractivity contribution in [2.24, 2.45) is 0 Å². The average molecular weight is 269 g/mol. The molecule has 0 spiro atoms. The largest absolute Gasteiger partial charge is 0.325 e. The molecule has 0 saturated heterocycles. The normalized spacial score (nSPS) is 10.7. The Bertz CT molecular complexity index is 359. The van der Waals surface area contributed by atoms with Crippen molar-refractivity contribution in [2.75, 3.05) is 25.0 Å². The number of hydrogen-bond acceptors (Lipinski definition) is 2. The van der Waals surface area contributed by atoms with Crippen LogP contribution in [0.5, 0.6) is 0 Å². The van der Waals surface area contributed by atoms with E-state index in [1.807, 2.05) is 12.1 Å². The molecule has 0 aromatic heterocycles. The monoisotopic (exact) mass is 268 g/mol. The second kappa shape index (κ2) is 8.11. The number of halogens is 1. The van der Waals surface area contributed by atoms with Gasteiger partial charge in [0, 0.05) is 10.7 Å². The zero-order valence-corrected chi connectivity index (χ0v) is 11.8. The minimum Gasteiger partial charge on any atom is -0.325 e. The van der Waals surface area contributed by atoms with Crippen LogP contribution in [0.1, 0.15) is 26.7 Å². The Morgan fingerprint density at radius 2 is 1.72 bits per heavy atom. The summed E-state index contributed by atoms with van der Waals surface area (Å²) in [7, 11) is 0. The van der Waals surface area contributed by atoms with E-state index in [9.17, 15) is 4.79 Å². The van der Waals surface area contributed by atoms with E-state index in [0.717, 1.165) is 31.6 Å². The minimum absolute atomic E-state index is 0.0271. The molecular formula is C14H21ClN2O. The Morgan fingerprint density at radius 3 is 2.22 bits per heavy atom. The van der Waals surface area contributed by atoms with E-state index in [4.69, 9.17) is 11.6 Å². The summed E-state index contributed by atoms with van der Waals surface area (Å²) in [4.78, 5) is 14.0. The molecule has 0 heterocycles. The van der Waals surface area contributed by atoms with Crippen LogP contribution in [0.25, 0.3) is 0 Å². The Hall–Kier alpha value is -1.06. The van der Waals surface area contributed by atoms with Crippen molar-refractivity contribution < 1.29 is 4.79 Å². The highest BCUT2D eigenvalue weighted by atomic mass is 35.5. The standard InChI is InChI=1S/C14H21ClN2O/c1-3-9-17(10-4-2)11-14(18)16-13-7-5-12(15)6-8-13/h5-8H,3-4,9-11H2,1-2H3,(H,16,18). The van der Waals surface area contributed by atoms with Crippen LogP contribution in [-0.2, 0) is 4.79 Å². The molecule has 18 heavy (non-hydrogen) atoms. The smallest absolute Gasteiger partial charge is 0.238 e. The molecule has 1 amide bonds. The zero-order valence-electron chi connectivity index (χ0n) is 11.1. The molecule has 1 aromatic carbocycles. The molecule has 0 aliphatic rings. The van der Waals surface area contributed by atoms with E-state index in [2.05, 4.69) is 24.1 Å². The highest BCUT2D eigenvalue weighted by Crippen LogP contribution is 2.13. The molecule has 0 radical (unpaired) electrons. The third kappa shape index (κ3) is 5.52. The fourth-order valence-electron chi connectivity index (χ4n) is 1.84. The predicted molar refractivity (Wildman–Crippen MR) is 77.1 cm³/mol. The highest BCUT2D eigenvalue weighted by Gasteiger charge is 2.09. The van der Waals surface area contributed by atoms with Gasteiger partial charge in [-0.3, -0.25) is 9.69 Å². The quantitative estimate of drug-likeness (QED) is 0.822. The van der Waals surface area contributed by atoms with Crippen LogP contribution in [0.3, 0.4) is 0 Å². The minimum atomic E-state index is 0.0271. The number of carbonyl (C=O) groups is 1. The van der Waals surface area contributed by atoms with Crippen LogP contribution < -0.4 is 5.32 Å². The molecule has 0 saturated carbocycles. The van der Waals surface area contributed by atoms with Crippen molar-refractivity contribution in [3.8, 4) is 0 Å². The molecule has 0 bridgehead atoms. The zero-order chi connectivity index (χ0) is 13.4. The lowest BCUT2D eigenvalue weighted by molar-refractivity contribution is -0.117. The molecule has 1 rings (SSSR count). The Morgan fingerprint density at radius 1 is 1.17 bits per heavy atom. The maximum Gasteiger partial charge on any atom is 0.238 e. The van der Waals surface area contributed by atoms with Gasteiger partial charge in [-0.15, -0.1) is 0 Å². The van der Waals surface area contributed by atoms with Crippen molar-refractivity contribution in [3.05, 3.63) is 29.3 Å². The lowest BCUT2D eigenvalue weighted by Crippen LogP contribution is -2.34. The molecule has 0 aliphatic carbocycles. The summed E-state index contributed by atoms with van der Waals surface area (Å²) in [6.45, 7) is 6.62. The van der Waals surface area contributed by atoms with E-state index in [1.165, 1.54) is 0 Å². The van der Waals surface area contributed by atoms with Gasteiger partial charge >= 0.3 is 0 Å². The third-order valence-corrected chi connectivity index (χ3v) is 2.83. The first-order valence-electron chi connectivity index (χ1n) is 6.43. The summed E-state index contributed by atoms with van der Waals surface area (Å²) in [5, 5.41) is 3.55. The molecule has 0 atom stereocenters. The van der Waals surface area contributed by atoms with Crippen molar-refractivity contribution in [1.82, 2.24) is 4.90 Å². The van der Waals surface area contributed by atoms with Gasteiger partial charge in [0.15, 0.2) is 0 Å². The molecule has 100 valence electrons. The molecule has 1 N–H and O–H groups in total. The second-order valence-electron chi connectivity index (χ2n) is 4.33. The maximum absolute atomic E-state index is 11.9. The Balaban J connectivity index is 2.46. The topological polar surface area (TPSA) is 32.3 Å². The number of benzene rings is 1. The summed E-state index contributed by atoms with van der Waals surface area (Å²) < 4.78 is 0. The van der Waals surface area contributed by atoms with Gasteiger partial charge in [0.25, 0.3) is 0 Å². The van der Waals surface area contributed by atoms with Gasteiger partial charge in [-0.2, -0.15) is 0 Å². The summed E-state index contributed by atoms with van der Waals surface area (Å²) in [5.41, 5.74) is 0.789. The average Bonchev–Trinajstić information content (AvgIpc) is 2.33. The number of anilines is 1. The van der Waals surface area contributed by atoms with Gasteiger partial charge in [0.1, 0.15) is 0 Å². The lowest BCUT2D eigenvalue weighted by Gasteiger charge is -2.20. The summed E-state index contributed by atoms with van der Waals surface area (Å²) >= 11 is 5.79. The van der Waals surface area contributed by atoms with Gasteiger partial charge in [-0.05, 0) is 50.2 Å². The number of nitrogens with zero attached hydrogens (tertiary/aromatic N) is 1. The molecule has 1 aromatic rings. The van der Waals surface area contributed by atoms with Gasteiger partial charge in [-0.25, -0.2) is 0 Å². The van der Waals surface area contributed by atoms with E-state index in [1.54, 1.807) is 12.1 Å². The molecule has 4 heteroatoms. The summed E-state index contributed by atoms with van der Waals surface area (Å²) in [6, 6.07) is 7.16. The highest BCUT2D eigenvalue weighted by molar-refractivity contribution is 6.30. The number of hydrogen-bond donors (Lipinski definition) is 1. The van der Waals surface area contributed by atoms with Crippen LogP contribution >= 0.6 is 11.6 Å². The first-order chi connectivity index (χ1) is 8.65. The molecule has 0 fully saturated rings. The number of amides is 1. The second-order valence-corrected chi connectivity index (χ2v) is 4.77. The molecule has 0 aliphatic heterocycles. The van der Waals surface area contributed by atoms with Gasteiger partial charge in [-0.1, -0.05) is 25.4 Å². The maximum atomic E-state index is 11.9. The van der Waals surface area contributed by atoms with Crippen LogP contribution in [-0.4, -0.2) is 30.4 Å². The first-order valence-corrected chi connectivity index (χ1v) is 6.81. The van der Waals surface area contributed by atoms with Gasteiger partial charge in [0.05, 0.1) is 6.54 Å². The van der Waals surface area contributed by atoms with E-state index in [-0.39, 0.29) is 5.91 Å². The SMILES string of the molecule is CCCN(CCC)CC(=O)Nc1ccc(Cl)cc1. The van der Waals surface area contributed by atoms with Crippen LogP contribution in [0.15, 0.2) is 24.3 Å². The van der Waals surface area contributed by atoms with Crippen LogP contribution in [0.4, 0.5) is 5.69 Å². The summed E-state index contributed by atoms with van der Waals surface area (Å²) in [6.07, 6.45) is 2.13. The number of rotatable bonds is 7. The fraction of sp³-hybridized carbons (Fsp3) is 0.500. The molecule has 0 unspecified atom stereocenters. The number of nitrogens with one attached hydrogen (secondary N) is 1. The van der Waals surface area contributed by atoms with Crippen LogP contribution in [0, 0.1) is 0 Å². The van der Waals surface area contributed by atoms with Crippen molar-refractivity contribution in [2.45, 2.75) is 26.7 Å². The van der Waals surface area contributed by atoms with E-state index in [0.29, 0.717) is 11.6 Å². The Labute approximate surface area is 114 Å². The first kappa shape index (κ1) is 15.0. The van der Waals surface area contributed by atoms with Gasteiger partial charge < -0.3 is 5.32 Å². The van der Waals surface area contributed by atoms with Crippen molar-refractivity contribution >= 4 is 23.2 Å². The van der Waals surface area contributed by atoms with Crippen molar-refractivity contribution in [3.63, 3.8) is 0 Å². The third-order valence-electron chi connectivity index (χ3n) is 2.57. The van der Waals surface area contributed by atoms with E-state index < -0.39 is 0 Å². The van der Waals surface area contributed by atoms with E-state index >= 15 is 0 Å². The predicted octanol–water partition coefficient (Wildman–Crippen LogP) is 3.40. The Kier molecular flexibility index (Phi) is 6.76. The van der Waals surface area contributed by atoms with Gasteiger partial charge in [0.2, 0.25) is 5.91 Å². The summed E-state index contributed by atoms with van der Waals surface area (Å²) in [5.74, 6) is 0.0271. The van der Waals surface area contributed by atoms with Crippen LogP contribution in [0.2, 0.25) is 5.02 Å². The number of carbonyl (C=O) groups excluding carboxylic acids is 1. The lowest BCUT2D eigenvalue weighted by atomic mass is 10.3.